The van der Waals surface area contributed by atoms with Crippen LogP contribution in [0, 0.1) is 0 Å². The van der Waals surface area contributed by atoms with Crippen molar-refractivity contribution in [3.05, 3.63) is 12.2 Å². The van der Waals surface area contributed by atoms with Gasteiger partial charge in [-0.1, -0.05) is 76.9 Å². The number of allylic oxidation sites excluding steroid dienone is 2. The smallest absolute Gasteiger partial charge is 0.339 e. The first-order valence-corrected chi connectivity index (χ1v) is 10.9. The van der Waals surface area contributed by atoms with Crippen molar-refractivity contribution in [2.45, 2.75) is 115 Å². The molecule has 0 saturated heterocycles. The first kappa shape index (κ1) is 26.6. The maximum Gasteiger partial charge on any atom is 0.339 e. The van der Waals surface area contributed by atoms with E-state index < -0.39 is 23.6 Å². The zero-order valence-electron chi connectivity index (χ0n) is 17.4. The minimum atomic E-state index is -2.62. The molecule has 0 aromatic rings. The second-order valence-electron chi connectivity index (χ2n) is 7.66. The monoisotopic (exact) mass is 400 g/mol. The summed E-state index contributed by atoms with van der Waals surface area (Å²) in [6.07, 6.45) is 17.4. The highest BCUT2D eigenvalue weighted by Gasteiger charge is 2.47. The Bertz CT molecular complexity index is 448. The van der Waals surface area contributed by atoms with Crippen LogP contribution in [0.3, 0.4) is 0 Å². The maximum atomic E-state index is 11.1. The summed E-state index contributed by atoms with van der Waals surface area (Å²) in [6, 6.07) is 0. The van der Waals surface area contributed by atoms with E-state index in [0.29, 0.717) is 12.8 Å². The summed E-state index contributed by atoms with van der Waals surface area (Å²) in [4.78, 5) is 21.8. The molecule has 0 aliphatic heterocycles. The van der Waals surface area contributed by atoms with Gasteiger partial charge in [0.25, 0.3) is 0 Å². The molecular formula is C22H40O6. The Balaban J connectivity index is 3.62. The summed E-state index contributed by atoms with van der Waals surface area (Å²) < 4.78 is 0. The van der Waals surface area contributed by atoms with Crippen molar-refractivity contribution in [1.82, 2.24) is 0 Å². The maximum absolute atomic E-state index is 11.1. The van der Waals surface area contributed by atoms with Crippen molar-refractivity contribution in [1.29, 1.82) is 0 Å². The SMILES string of the molecule is CCCCCCCC/C=C\CCCCCCCCC(O)(C(=O)O)C(O)C(=O)O. The molecule has 164 valence electrons. The van der Waals surface area contributed by atoms with E-state index in [9.17, 15) is 19.8 Å². The van der Waals surface area contributed by atoms with Crippen LogP contribution in [0.1, 0.15) is 103 Å². The van der Waals surface area contributed by atoms with Crippen LogP contribution >= 0.6 is 0 Å². The summed E-state index contributed by atoms with van der Waals surface area (Å²) in [5.74, 6) is -3.43. The fourth-order valence-corrected chi connectivity index (χ4v) is 3.21. The molecule has 28 heavy (non-hydrogen) atoms. The van der Waals surface area contributed by atoms with Crippen LogP contribution in [-0.4, -0.2) is 44.1 Å². The number of hydrogen-bond acceptors (Lipinski definition) is 4. The second-order valence-corrected chi connectivity index (χ2v) is 7.66. The Hall–Kier alpha value is -1.40. The number of carboxylic acids is 2. The predicted octanol–water partition coefficient (Wildman–Crippen LogP) is 4.68. The molecule has 0 rings (SSSR count). The fraction of sp³-hybridized carbons (Fsp3) is 0.818. The van der Waals surface area contributed by atoms with E-state index in [1.54, 1.807) is 0 Å². The van der Waals surface area contributed by atoms with Gasteiger partial charge in [-0.25, -0.2) is 9.59 Å². The number of carbonyl (C=O) groups is 2. The Morgan fingerprint density at radius 3 is 1.64 bits per heavy atom. The van der Waals surface area contributed by atoms with Gasteiger partial charge in [-0.3, -0.25) is 0 Å². The van der Waals surface area contributed by atoms with Crippen molar-refractivity contribution in [2.24, 2.45) is 0 Å². The Kier molecular flexibility index (Phi) is 15.7. The zero-order chi connectivity index (χ0) is 21.3. The number of aliphatic carboxylic acids is 2. The van der Waals surface area contributed by atoms with Crippen molar-refractivity contribution in [3.63, 3.8) is 0 Å². The number of aliphatic hydroxyl groups excluding tert-OH is 1. The van der Waals surface area contributed by atoms with Crippen molar-refractivity contribution in [2.75, 3.05) is 0 Å². The topological polar surface area (TPSA) is 115 Å². The summed E-state index contributed by atoms with van der Waals surface area (Å²) >= 11 is 0. The first-order valence-electron chi connectivity index (χ1n) is 10.9. The van der Waals surface area contributed by atoms with Crippen molar-refractivity contribution >= 4 is 11.9 Å². The van der Waals surface area contributed by atoms with Gasteiger partial charge in [0.05, 0.1) is 0 Å². The van der Waals surface area contributed by atoms with Crippen LogP contribution < -0.4 is 0 Å². The number of unbranched alkanes of at least 4 members (excludes halogenated alkanes) is 12. The summed E-state index contributed by atoms with van der Waals surface area (Å²) in [5, 5.41) is 37.0. The highest BCUT2D eigenvalue weighted by atomic mass is 16.4. The molecule has 0 bridgehead atoms. The van der Waals surface area contributed by atoms with Gasteiger partial charge in [-0.15, -0.1) is 0 Å². The minimum Gasteiger partial charge on any atom is -0.479 e. The van der Waals surface area contributed by atoms with Gasteiger partial charge < -0.3 is 20.4 Å². The molecule has 0 heterocycles. The summed E-state index contributed by atoms with van der Waals surface area (Å²) in [5.41, 5.74) is -2.62. The molecule has 0 aliphatic carbocycles. The van der Waals surface area contributed by atoms with Crippen LogP contribution in [0.5, 0.6) is 0 Å². The van der Waals surface area contributed by atoms with Crippen molar-refractivity contribution < 1.29 is 30.0 Å². The van der Waals surface area contributed by atoms with Gasteiger partial charge in [0.15, 0.2) is 11.7 Å². The molecule has 2 unspecified atom stereocenters. The molecule has 6 heteroatoms. The lowest BCUT2D eigenvalue weighted by atomic mass is 9.90. The average molecular weight is 401 g/mol. The lowest BCUT2D eigenvalue weighted by molar-refractivity contribution is -0.184. The Labute approximate surface area is 169 Å². The van der Waals surface area contributed by atoms with Crippen LogP contribution in [0.15, 0.2) is 12.2 Å². The van der Waals surface area contributed by atoms with E-state index in [1.165, 1.54) is 44.9 Å². The number of aliphatic hydroxyl groups is 2. The summed E-state index contributed by atoms with van der Waals surface area (Å²) in [7, 11) is 0. The van der Waals surface area contributed by atoms with E-state index in [1.807, 2.05) is 0 Å². The van der Waals surface area contributed by atoms with E-state index in [-0.39, 0.29) is 6.42 Å². The van der Waals surface area contributed by atoms with Crippen molar-refractivity contribution in [3.8, 4) is 0 Å². The molecule has 0 aliphatic rings. The van der Waals surface area contributed by atoms with Gasteiger partial charge in [-0.05, 0) is 38.5 Å². The molecule has 0 aromatic heterocycles. The predicted molar refractivity (Wildman–Crippen MR) is 110 cm³/mol. The van der Waals surface area contributed by atoms with Gasteiger partial charge in [0.1, 0.15) is 0 Å². The number of hydrogen-bond donors (Lipinski definition) is 4. The molecule has 0 spiro atoms. The highest BCUT2D eigenvalue weighted by Crippen LogP contribution is 2.21. The quantitative estimate of drug-likeness (QED) is 0.185. The largest absolute Gasteiger partial charge is 0.479 e. The molecule has 0 aromatic carbocycles. The standard InChI is InChI=1S/C22H40O6/c1-2-3-4-5-6-7-8-9-10-11-12-13-14-15-16-17-18-22(28,21(26)27)19(23)20(24)25/h9-10,19,23,28H,2-8,11-18H2,1H3,(H,24,25)(H,26,27)/b10-9-. The lowest BCUT2D eigenvalue weighted by Gasteiger charge is -2.25. The van der Waals surface area contributed by atoms with Crippen LogP contribution in [0.25, 0.3) is 0 Å². The van der Waals surface area contributed by atoms with Crippen LogP contribution in [0.4, 0.5) is 0 Å². The molecule has 0 amide bonds. The van der Waals surface area contributed by atoms with Crippen LogP contribution in [0.2, 0.25) is 0 Å². The van der Waals surface area contributed by atoms with Crippen LogP contribution in [-0.2, 0) is 9.59 Å². The molecule has 0 fully saturated rings. The molecule has 2 atom stereocenters. The first-order chi connectivity index (χ1) is 13.4. The van der Waals surface area contributed by atoms with Gasteiger partial charge in [0.2, 0.25) is 0 Å². The van der Waals surface area contributed by atoms with E-state index >= 15 is 0 Å². The third-order valence-electron chi connectivity index (χ3n) is 5.13. The minimum absolute atomic E-state index is 0.267. The second kappa shape index (κ2) is 16.5. The third kappa shape index (κ3) is 12.1. The average Bonchev–Trinajstić information content (AvgIpc) is 2.66. The Morgan fingerprint density at radius 2 is 1.21 bits per heavy atom. The highest BCUT2D eigenvalue weighted by molar-refractivity contribution is 5.87. The van der Waals surface area contributed by atoms with E-state index in [2.05, 4.69) is 19.1 Å². The normalized spacial score (nSPS) is 14.8. The molecule has 0 radical (unpaired) electrons. The summed E-state index contributed by atoms with van der Waals surface area (Å²) in [6.45, 7) is 2.23. The molecule has 4 N–H and O–H groups in total. The van der Waals surface area contributed by atoms with Gasteiger partial charge in [0, 0.05) is 0 Å². The van der Waals surface area contributed by atoms with Gasteiger partial charge in [-0.2, -0.15) is 0 Å². The van der Waals surface area contributed by atoms with Gasteiger partial charge >= 0.3 is 11.9 Å². The lowest BCUT2D eigenvalue weighted by Crippen LogP contribution is -2.53. The third-order valence-corrected chi connectivity index (χ3v) is 5.13. The molecule has 0 saturated carbocycles. The number of rotatable bonds is 19. The molecular weight excluding hydrogens is 360 g/mol. The number of carboxylic acid groups (broad SMARTS) is 2. The molecule has 6 nitrogen and oxygen atoms in total. The van der Waals surface area contributed by atoms with E-state index in [4.69, 9.17) is 10.2 Å². The zero-order valence-corrected chi connectivity index (χ0v) is 17.4. The Morgan fingerprint density at radius 1 is 0.786 bits per heavy atom. The van der Waals surface area contributed by atoms with E-state index in [0.717, 1.165) is 32.1 Å². The fourth-order valence-electron chi connectivity index (χ4n) is 3.21.